The van der Waals surface area contributed by atoms with Gasteiger partial charge < -0.3 is 19.3 Å². The molecule has 2 amide bonds. The van der Waals surface area contributed by atoms with E-state index in [4.69, 9.17) is 4.74 Å². The number of hydrogen-bond acceptors (Lipinski definition) is 6. The van der Waals surface area contributed by atoms with E-state index in [9.17, 15) is 23.1 Å². The van der Waals surface area contributed by atoms with E-state index in [0.29, 0.717) is 62.6 Å². The smallest absolute Gasteiger partial charge is 0.264 e. The van der Waals surface area contributed by atoms with Crippen molar-refractivity contribution >= 4 is 38.8 Å². The van der Waals surface area contributed by atoms with E-state index in [0.717, 1.165) is 53.4 Å². The van der Waals surface area contributed by atoms with E-state index in [1.54, 1.807) is 19.2 Å². The van der Waals surface area contributed by atoms with Crippen LogP contribution in [0.4, 0.5) is 0 Å². The molecular weight excluding hydrogens is 590 g/mol. The van der Waals surface area contributed by atoms with Gasteiger partial charge in [-0.1, -0.05) is 25.3 Å². The molecule has 2 saturated carbocycles. The molecule has 2 aromatic carbocycles. The maximum Gasteiger partial charge on any atom is 0.264 e. The van der Waals surface area contributed by atoms with Crippen molar-refractivity contribution in [1.82, 2.24) is 14.2 Å². The van der Waals surface area contributed by atoms with Crippen LogP contribution in [0.2, 0.25) is 0 Å². The van der Waals surface area contributed by atoms with Crippen LogP contribution in [-0.4, -0.2) is 65.9 Å². The Labute approximate surface area is 264 Å². The summed E-state index contributed by atoms with van der Waals surface area (Å²) in [6.45, 7) is 3.06. The van der Waals surface area contributed by atoms with E-state index in [2.05, 4.69) is 15.4 Å². The van der Waals surface area contributed by atoms with Gasteiger partial charge in [-0.3, -0.25) is 9.59 Å². The van der Waals surface area contributed by atoms with Gasteiger partial charge in [-0.05, 0) is 98.9 Å². The van der Waals surface area contributed by atoms with Gasteiger partial charge in [0.2, 0.25) is 10.0 Å². The molecule has 1 aromatic heterocycles. The van der Waals surface area contributed by atoms with Crippen molar-refractivity contribution in [2.75, 3.05) is 20.2 Å². The Balaban J connectivity index is 1.39. The molecule has 10 heteroatoms. The van der Waals surface area contributed by atoms with Crippen LogP contribution in [0.3, 0.4) is 0 Å². The number of nitrogens with one attached hydrogen (secondary N) is 1. The normalized spacial score (nSPS) is 20.2. The fraction of sp³-hybridized carbons (Fsp3) is 0.486. The number of fused-ring (bicyclic) bond motifs is 5. The summed E-state index contributed by atoms with van der Waals surface area (Å²) in [7, 11) is -2.07. The predicted octanol–water partition coefficient (Wildman–Crippen LogP) is 5.36. The third kappa shape index (κ3) is 5.67. The van der Waals surface area contributed by atoms with Crippen molar-refractivity contribution in [3.63, 3.8) is 0 Å². The zero-order valence-electron chi connectivity index (χ0n) is 26.0. The minimum atomic E-state index is -3.71. The summed E-state index contributed by atoms with van der Waals surface area (Å²) in [6.07, 6.45) is 9.76. The number of amides is 2. The zero-order chi connectivity index (χ0) is 31.5. The first-order chi connectivity index (χ1) is 21.5. The summed E-state index contributed by atoms with van der Waals surface area (Å²) in [5.41, 5.74) is 5.08. The molecule has 2 aliphatic carbocycles. The van der Waals surface area contributed by atoms with Gasteiger partial charge in [0, 0.05) is 40.7 Å². The largest absolute Gasteiger partial charge is 0.497 e. The highest BCUT2D eigenvalue weighted by atomic mass is 32.2. The van der Waals surface area contributed by atoms with E-state index in [-0.39, 0.29) is 11.5 Å². The number of carbonyl (C=O) groups excluding carboxylic acids is 2. The standard InChI is InChI=1S/C35H41N3O6S/c1-35(41)14-16-37(17-15-35)34(40)25-18-24-19-26(44-2)9-13-28(24)32-31(22-6-4-3-5-7-22)29-12-8-23(20-30(29)38(32)21-25)33(39)36-45(42,43)27-10-11-27/h8-9,12-13,18-20,22,27,41H,3-7,10-11,14-17,21H2,1-2H3,(H,36,39). The van der Waals surface area contributed by atoms with E-state index >= 15 is 0 Å². The Morgan fingerprint density at radius 1 is 1.00 bits per heavy atom. The van der Waals surface area contributed by atoms with E-state index in [1.165, 1.54) is 12.0 Å². The molecule has 0 unspecified atom stereocenters. The lowest BCUT2D eigenvalue weighted by Crippen LogP contribution is -2.45. The van der Waals surface area contributed by atoms with Crippen molar-refractivity contribution in [2.45, 2.75) is 88.0 Å². The van der Waals surface area contributed by atoms with Crippen molar-refractivity contribution in [3.05, 3.63) is 58.7 Å². The maximum absolute atomic E-state index is 14.1. The molecule has 7 rings (SSSR count). The van der Waals surface area contributed by atoms with Crippen LogP contribution >= 0.6 is 0 Å². The Hall–Kier alpha value is -3.63. The first-order valence-corrected chi connectivity index (χ1v) is 17.7. The number of sulfonamides is 1. The molecule has 0 spiro atoms. The highest BCUT2D eigenvalue weighted by Gasteiger charge is 2.38. The number of rotatable bonds is 6. The second-order valence-corrected chi connectivity index (χ2v) is 15.5. The molecule has 2 N–H and O–H groups in total. The van der Waals surface area contributed by atoms with Gasteiger partial charge in [0.1, 0.15) is 5.75 Å². The fourth-order valence-electron chi connectivity index (χ4n) is 7.36. The predicted molar refractivity (Wildman–Crippen MR) is 174 cm³/mol. The topological polar surface area (TPSA) is 118 Å². The summed E-state index contributed by atoms with van der Waals surface area (Å²) in [5.74, 6) is 0.316. The van der Waals surface area contributed by atoms with Gasteiger partial charge in [0.25, 0.3) is 11.8 Å². The summed E-state index contributed by atoms with van der Waals surface area (Å²) in [6, 6.07) is 11.5. The number of hydrogen-bond donors (Lipinski definition) is 2. The Kier molecular flexibility index (Phi) is 7.55. The van der Waals surface area contributed by atoms with E-state index in [1.807, 2.05) is 36.1 Å². The SMILES string of the molecule is COc1ccc2c(c1)C=C(C(=O)N1CCC(C)(O)CC1)Cn1c-2c(C2CCCCC2)c2ccc(C(=O)NS(=O)(=O)C3CC3)cc21. The molecule has 3 aromatic rings. The molecule has 3 heterocycles. The van der Waals surface area contributed by atoms with Crippen LogP contribution in [0.5, 0.6) is 5.75 Å². The number of aliphatic hydroxyl groups is 1. The number of aromatic nitrogens is 1. The molecule has 238 valence electrons. The van der Waals surface area contributed by atoms with Gasteiger partial charge >= 0.3 is 0 Å². The Morgan fingerprint density at radius 3 is 2.42 bits per heavy atom. The lowest BCUT2D eigenvalue weighted by Gasteiger charge is -2.36. The summed E-state index contributed by atoms with van der Waals surface area (Å²) < 4.78 is 35.3. The zero-order valence-corrected chi connectivity index (χ0v) is 26.8. The third-order valence-corrected chi connectivity index (χ3v) is 12.0. The number of likely N-dealkylation sites (tertiary alicyclic amines) is 1. The van der Waals surface area contributed by atoms with Gasteiger partial charge in [0.15, 0.2) is 0 Å². The molecule has 0 bridgehead atoms. The first kappa shape index (κ1) is 30.0. The van der Waals surface area contributed by atoms with Crippen LogP contribution in [0.25, 0.3) is 28.2 Å². The molecule has 0 atom stereocenters. The highest BCUT2D eigenvalue weighted by Crippen LogP contribution is 2.47. The van der Waals surface area contributed by atoms with Gasteiger partial charge in [-0.2, -0.15) is 0 Å². The number of benzene rings is 2. The molecule has 0 radical (unpaired) electrons. The minimum Gasteiger partial charge on any atom is -0.497 e. The number of piperidine rings is 1. The second-order valence-electron chi connectivity index (χ2n) is 13.5. The van der Waals surface area contributed by atoms with Crippen molar-refractivity contribution < 1.29 is 27.9 Å². The third-order valence-electron chi connectivity index (χ3n) is 10.2. The molecule has 1 saturated heterocycles. The monoisotopic (exact) mass is 631 g/mol. The molecular formula is C35H41N3O6S. The van der Waals surface area contributed by atoms with Gasteiger partial charge in [-0.25, -0.2) is 13.1 Å². The first-order valence-electron chi connectivity index (χ1n) is 16.2. The van der Waals surface area contributed by atoms with Crippen LogP contribution in [0, 0.1) is 0 Å². The van der Waals surface area contributed by atoms with Crippen LogP contribution in [0.15, 0.2) is 42.0 Å². The van der Waals surface area contributed by atoms with Crippen molar-refractivity contribution in [3.8, 4) is 17.0 Å². The van der Waals surface area contributed by atoms with E-state index < -0.39 is 26.8 Å². The molecule has 45 heavy (non-hydrogen) atoms. The second kappa shape index (κ2) is 11.3. The molecule has 4 aliphatic rings. The summed E-state index contributed by atoms with van der Waals surface area (Å²) >= 11 is 0. The molecule has 9 nitrogen and oxygen atoms in total. The number of methoxy groups -OCH3 is 1. The lowest BCUT2D eigenvalue weighted by molar-refractivity contribution is -0.130. The van der Waals surface area contributed by atoms with Crippen LogP contribution in [0.1, 0.15) is 92.1 Å². The number of ether oxygens (including phenoxy) is 1. The minimum absolute atomic E-state index is 0.0717. The quantitative estimate of drug-likeness (QED) is 0.379. The van der Waals surface area contributed by atoms with Crippen LogP contribution in [-0.2, 0) is 21.4 Å². The summed E-state index contributed by atoms with van der Waals surface area (Å²) in [4.78, 5) is 29.2. The summed E-state index contributed by atoms with van der Waals surface area (Å²) in [5, 5.41) is 11.1. The molecule has 2 aliphatic heterocycles. The highest BCUT2D eigenvalue weighted by molar-refractivity contribution is 7.91. The van der Waals surface area contributed by atoms with Crippen LogP contribution < -0.4 is 9.46 Å². The number of carbonyl (C=O) groups is 2. The maximum atomic E-state index is 14.1. The fourth-order valence-corrected chi connectivity index (χ4v) is 8.66. The Bertz CT molecular complexity index is 1820. The van der Waals surface area contributed by atoms with Gasteiger partial charge in [-0.15, -0.1) is 0 Å². The van der Waals surface area contributed by atoms with Crippen molar-refractivity contribution in [1.29, 1.82) is 0 Å². The Morgan fingerprint density at radius 2 is 1.73 bits per heavy atom. The lowest BCUT2D eigenvalue weighted by atomic mass is 9.81. The molecule has 3 fully saturated rings. The van der Waals surface area contributed by atoms with Crippen molar-refractivity contribution in [2.24, 2.45) is 0 Å². The van der Waals surface area contributed by atoms with Gasteiger partial charge in [0.05, 0.1) is 30.2 Å². The average molecular weight is 632 g/mol. The average Bonchev–Trinajstić information content (AvgIpc) is 3.86. The number of nitrogens with zero attached hydrogens (tertiary/aromatic N) is 2.